The third-order valence-corrected chi connectivity index (χ3v) is 3.39. The number of esters is 1. The van der Waals surface area contributed by atoms with Crippen LogP contribution in [0.3, 0.4) is 0 Å². The Morgan fingerprint density at radius 1 is 1.35 bits per heavy atom. The average Bonchev–Trinajstić information content (AvgIpc) is 2.48. The summed E-state index contributed by atoms with van der Waals surface area (Å²) in [6, 6.07) is 9.46. The van der Waals surface area contributed by atoms with Crippen LogP contribution < -0.4 is 5.32 Å². The molecule has 112 valence electrons. The Balaban J connectivity index is 2.95. The van der Waals surface area contributed by atoms with E-state index in [1.54, 1.807) is 13.8 Å². The van der Waals surface area contributed by atoms with Gasteiger partial charge in [0.1, 0.15) is 0 Å². The number of aliphatic hydroxyl groups excluding tert-OH is 2. The molecule has 5 heteroatoms. The number of rotatable bonds is 7. The topological polar surface area (TPSA) is 78.8 Å². The van der Waals surface area contributed by atoms with Crippen LogP contribution >= 0.6 is 0 Å². The van der Waals surface area contributed by atoms with Gasteiger partial charge < -0.3 is 14.9 Å². The first kappa shape index (κ1) is 16.6. The molecule has 1 aromatic rings. The zero-order valence-electron chi connectivity index (χ0n) is 12.2. The molecule has 0 saturated heterocycles. The van der Waals surface area contributed by atoms with Crippen molar-refractivity contribution in [3.63, 3.8) is 0 Å². The van der Waals surface area contributed by atoms with Crippen molar-refractivity contribution in [3.8, 4) is 0 Å². The molecule has 0 aliphatic rings. The van der Waals surface area contributed by atoms with E-state index in [1.807, 2.05) is 30.3 Å². The minimum Gasteiger partial charge on any atom is -0.467 e. The van der Waals surface area contributed by atoms with Crippen molar-refractivity contribution in [2.45, 2.75) is 32.0 Å². The van der Waals surface area contributed by atoms with E-state index in [2.05, 4.69) is 5.32 Å². The van der Waals surface area contributed by atoms with E-state index < -0.39 is 24.2 Å². The molecule has 3 N–H and O–H groups in total. The van der Waals surface area contributed by atoms with Gasteiger partial charge in [0.2, 0.25) is 0 Å². The minimum atomic E-state index is -1.52. The van der Waals surface area contributed by atoms with Crippen LogP contribution in [0.5, 0.6) is 0 Å². The zero-order valence-corrected chi connectivity index (χ0v) is 12.2. The molecule has 0 heterocycles. The lowest BCUT2D eigenvalue weighted by Gasteiger charge is -2.36. The standard InChI is InChI=1S/C15H23NO4/c1-11(2)13(18)15(10-17,14(19)20-3)16-9-12-7-5-4-6-8-12/h4-8,11,13,16-18H,9-10H2,1-3H3. The first-order chi connectivity index (χ1) is 9.47. The van der Waals surface area contributed by atoms with Crippen molar-refractivity contribution in [2.24, 2.45) is 5.92 Å². The Morgan fingerprint density at radius 2 is 1.95 bits per heavy atom. The molecule has 1 aromatic carbocycles. The van der Waals surface area contributed by atoms with Crippen molar-refractivity contribution >= 4 is 5.97 Å². The second-order valence-electron chi connectivity index (χ2n) is 5.15. The van der Waals surface area contributed by atoms with E-state index in [9.17, 15) is 15.0 Å². The van der Waals surface area contributed by atoms with Crippen molar-refractivity contribution < 1.29 is 19.7 Å². The molecule has 0 saturated carbocycles. The molecule has 20 heavy (non-hydrogen) atoms. The molecule has 0 aromatic heterocycles. The van der Waals surface area contributed by atoms with E-state index in [0.29, 0.717) is 6.54 Å². The maximum atomic E-state index is 12.0. The van der Waals surface area contributed by atoms with Crippen LogP contribution in [0.4, 0.5) is 0 Å². The van der Waals surface area contributed by atoms with Crippen molar-refractivity contribution in [1.82, 2.24) is 5.32 Å². The molecule has 0 aliphatic carbocycles. The van der Waals surface area contributed by atoms with E-state index in [1.165, 1.54) is 7.11 Å². The predicted octanol–water partition coefficient (Wildman–Crippen LogP) is 0.697. The number of carbonyl (C=O) groups excluding carboxylic acids is 1. The normalized spacial score (nSPS) is 15.7. The van der Waals surface area contributed by atoms with Gasteiger partial charge in [0.25, 0.3) is 0 Å². The Bertz CT molecular complexity index is 421. The highest BCUT2D eigenvalue weighted by molar-refractivity contribution is 5.82. The molecule has 0 fully saturated rings. The molecule has 0 spiro atoms. The predicted molar refractivity (Wildman–Crippen MR) is 76.0 cm³/mol. The summed E-state index contributed by atoms with van der Waals surface area (Å²) < 4.78 is 4.74. The van der Waals surface area contributed by atoms with Crippen LogP contribution in [0.25, 0.3) is 0 Å². The van der Waals surface area contributed by atoms with Gasteiger partial charge in [0.15, 0.2) is 5.54 Å². The van der Waals surface area contributed by atoms with Gasteiger partial charge in [-0.2, -0.15) is 0 Å². The van der Waals surface area contributed by atoms with Gasteiger partial charge in [0, 0.05) is 6.54 Å². The van der Waals surface area contributed by atoms with Gasteiger partial charge >= 0.3 is 5.97 Å². The minimum absolute atomic E-state index is 0.204. The number of hydrogen-bond acceptors (Lipinski definition) is 5. The van der Waals surface area contributed by atoms with Crippen LogP contribution in [-0.4, -0.2) is 41.5 Å². The summed E-state index contributed by atoms with van der Waals surface area (Å²) in [7, 11) is 1.24. The summed E-state index contributed by atoms with van der Waals surface area (Å²) in [5.41, 5.74) is -0.566. The summed E-state index contributed by atoms with van der Waals surface area (Å²) in [6.45, 7) is 3.37. The van der Waals surface area contributed by atoms with Crippen LogP contribution in [0, 0.1) is 5.92 Å². The van der Waals surface area contributed by atoms with E-state index >= 15 is 0 Å². The summed E-state index contributed by atoms with van der Waals surface area (Å²) in [4.78, 5) is 12.0. The molecular formula is C15H23NO4. The fraction of sp³-hybridized carbons (Fsp3) is 0.533. The summed E-state index contributed by atoms with van der Waals surface area (Å²) >= 11 is 0. The van der Waals surface area contributed by atoms with Crippen LogP contribution in [0.1, 0.15) is 19.4 Å². The number of methoxy groups -OCH3 is 1. The first-order valence-corrected chi connectivity index (χ1v) is 6.64. The Hall–Kier alpha value is -1.43. The Kier molecular flexibility index (Phi) is 6.13. The van der Waals surface area contributed by atoms with Gasteiger partial charge in [-0.1, -0.05) is 44.2 Å². The highest BCUT2D eigenvalue weighted by Crippen LogP contribution is 2.20. The number of ether oxygens (including phenoxy) is 1. The molecule has 2 unspecified atom stereocenters. The molecule has 0 bridgehead atoms. The smallest absolute Gasteiger partial charge is 0.331 e. The summed E-state index contributed by atoms with van der Waals surface area (Å²) in [6.07, 6.45) is -1.05. The lowest BCUT2D eigenvalue weighted by atomic mass is 9.85. The molecule has 2 atom stereocenters. The highest BCUT2D eigenvalue weighted by Gasteiger charge is 2.47. The van der Waals surface area contributed by atoms with Crippen molar-refractivity contribution in [3.05, 3.63) is 35.9 Å². The molecule has 0 radical (unpaired) electrons. The SMILES string of the molecule is COC(=O)C(CO)(NCc1ccccc1)C(O)C(C)C. The number of hydrogen-bond donors (Lipinski definition) is 3. The first-order valence-electron chi connectivity index (χ1n) is 6.64. The fourth-order valence-electron chi connectivity index (χ4n) is 2.12. The van der Waals surface area contributed by atoms with E-state index in [0.717, 1.165) is 5.56 Å². The summed E-state index contributed by atoms with van der Waals surface area (Å²) in [5, 5.41) is 22.9. The second-order valence-corrected chi connectivity index (χ2v) is 5.15. The number of carbonyl (C=O) groups is 1. The monoisotopic (exact) mass is 281 g/mol. The Morgan fingerprint density at radius 3 is 2.40 bits per heavy atom. The molecular weight excluding hydrogens is 258 g/mol. The van der Waals surface area contributed by atoms with Crippen molar-refractivity contribution in [2.75, 3.05) is 13.7 Å². The van der Waals surface area contributed by atoms with Crippen LogP contribution in [-0.2, 0) is 16.1 Å². The quantitative estimate of drug-likeness (QED) is 0.641. The molecule has 0 aliphatic heterocycles. The van der Waals surface area contributed by atoms with Gasteiger partial charge in [-0.15, -0.1) is 0 Å². The molecule has 0 amide bonds. The lowest BCUT2D eigenvalue weighted by molar-refractivity contribution is -0.159. The second kappa shape index (κ2) is 7.38. The zero-order chi connectivity index (χ0) is 15.2. The molecule has 5 nitrogen and oxygen atoms in total. The maximum absolute atomic E-state index is 12.0. The van der Waals surface area contributed by atoms with Crippen molar-refractivity contribution in [1.29, 1.82) is 0 Å². The summed E-state index contributed by atoms with van der Waals surface area (Å²) in [5.74, 6) is -0.873. The van der Waals surface area contributed by atoms with Gasteiger partial charge in [-0.25, -0.2) is 4.79 Å². The number of aliphatic hydroxyl groups is 2. The lowest BCUT2D eigenvalue weighted by Crippen LogP contribution is -2.64. The number of benzene rings is 1. The van der Waals surface area contributed by atoms with E-state index in [-0.39, 0.29) is 5.92 Å². The van der Waals surface area contributed by atoms with E-state index in [4.69, 9.17) is 4.74 Å². The maximum Gasteiger partial charge on any atom is 0.331 e. The third-order valence-electron chi connectivity index (χ3n) is 3.39. The highest BCUT2D eigenvalue weighted by atomic mass is 16.5. The average molecular weight is 281 g/mol. The number of nitrogens with one attached hydrogen (secondary N) is 1. The van der Waals surface area contributed by atoms with Gasteiger partial charge in [-0.3, -0.25) is 5.32 Å². The van der Waals surface area contributed by atoms with Crippen LogP contribution in [0.15, 0.2) is 30.3 Å². The fourth-order valence-corrected chi connectivity index (χ4v) is 2.12. The Labute approximate surface area is 119 Å². The van der Waals surface area contributed by atoms with Gasteiger partial charge in [0.05, 0.1) is 19.8 Å². The van der Waals surface area contributed by atoms with Crippen LogP contribution in [0.2, 0.25) is 0 Å². The third kappa shape index (κ3) is 3.56. The molecule has 1 rings (SSSR count). The largest absolute Gasteiger partial charge is 0.467 e. The van der Waals surface area contributed by atoms with Gasteiger partial charge in [-0.05, 0) is 11.5 Å².